The van der Waals surface area contributed by atoms with Crippen molar-refractivity contribution < 1.29 is 4.79 Å². The Morgan fingerprint density at radius 1 is 1.36 bits per heavy atom. The van der Waals surface area contributed by atoms with Gasteiger partial charge in [0.15, 0.2) is 0 Å². The van der Waals surface area contributed by atoms with Crippen LogP contribution in [0, 0.1) is 0 Å². The second-order valence-corrected chi connectivity index (χ2v) is 3.52. The fraction of sp³-hybridized carbons (Fsp3) is 0.875. The number of nitrogens with zero attached hydrogens (tertiary/aromatic N) is 1. The molecule has 0 radical (unpaired) electrons. The van der Waals surface area contributed by atoms with Gasteiger partial charge in [0.25, 0.3) is 0 Å². The summed E-state index contributed by atoms with van der Waals surface area (Å²) in [5, 5.41) is 3.52. The fourth-order valence-electron chi connectivity index (χ4n) is 2.14. The zero-order valence-corrected chi connectivity index (χ0v) is 6.62. The summed E-state index contributed by atoms with van der Waals surface area (Å²) in [6, 6.07) is 1.32. The third kappa shape index (κ3) is 1.44. The summed E-state index contributed by atoms with van der Waals surface area (Å²) >= 11 is 0. The van der Waals surface area contributed by atoms with Gasteiger partial charge in [-0.3, -0.25) is 4.90 Å². The molecule has 62 valence electrons. The zero-order chi connectivity index (χ0) is 7.68. The van der Waals surface area contributed by atoms with Crippen molar-refractivity contribution in [3.63, 3.8) is 0 Å². The van der Waals surface area contributed by atoms with E-state index in [0.29, 0.717) is 18.6 Å². The van der Waals surface area contributed by atoms with Gasteiger partial charge in [-0.05, 0) is 12.8 Å². The van der Waals surface area contributed by atoms with Gasteiger partial charge in [0.1, 0.15) is 6.29 Å². The van der Waals surface area contributed by atoms with E-state index in [9.17, 15) is 4.79 Å². The van der Waals surface area contributed by atoms with Gasteiger partial charge in [0.2, 0.25) is 0 Å². The predicted molar refractivity (Wildman–Crippen MR) is 42.4 cm³/mol. The van der Waals surface area contributed by atoms with Gasteiger partial charge >= 0.3 is 0 Å². The van der Waals surface area contributed by atoms with Gasteiger partial charge in [0, 0.05) is 25.2 Å². The lowest BCUT2D eigenvalue weighted by Crippen LogP contribution is -2.51. The Kier molecular flexibility index (Phi) is 1.92. The van der Waals surface area contributed by atoms with Crippen LogP contribution in [0.2, 0.25) is 0 Å². The van der Waals surface area contributed by atoms with Crippen molar-refractivity contribution in [2.24, 2.45) is 0 Å². The van der Waals surface area contributed by atoms with E-state index in [2.05, 4.69) is 10.2 Å². The Bertz CT molecular complexity index is 148. The SMILES string of the molecule is O=CCN1CC2CCC(C1)N2. The Labute approximate surface area is 66.8 Å². The monoisotopic (exact) mass is 154 g/mol. The van der Waals surface area contributed by atoms with E-state index in [0.717, 1.165) is 19.4 Å². The van der Waals surface area contributed by atoms with E-state index in [4.69, 9.17) is 0 Å². The molecule has 0 aromatic rings. The molecular formula is C8H14N2O. The third-order valence-corrected chi connectivity index (χ3v) is 2.62. The van der Waals surface area contributed by atoms with E-state index in [1.165, 1.54) is 12.8 Å². The van der Waals surface area contributed by atoms with Crippen LogP contribution in [0.1, 0.15) is 12.8 Å². The summed E-state index contributed by atoms with van der Waals surface area (Å²) in [5.74, 6) is 0. The largest absolute Gasteiger partial charge is 0.309 e. The standard InChI is InChI=1S/C8H14N2O/c11-4-3-10-5-7-1-2-8(6-10)9-7/h4,7-9H,1-3,5-6H2. The van der Waals surface area contributed by atoms with Crippen LogP contribution in [0.4, 0.5) is 0 Å². The first-order chi connectivity index (χ1) is 5.38. The molecule has 2 aliphatic rings. The van der Waals surface area contributed by atoms with Crippen LogP contribution in [0.5, 0.6) is 0 Å². The van der Waals surface area contributed by atoms with Crippen LogP contribution in [0.15, 0.2) is 0 Å². The average Bonchev–Trinajstić information content (AvgIpc) is 2.32. The Hall–Kier alpha value is -0.410. The highest BCUT2D eigenvalue weighted by Gasteiger charge is 2.31. The second kappa shape index (κ2) is 2.91. The first kappa shape index (κ1) is 7.25. The molecule has 2 atom stereocenters. The van der Waals surface area contributed by atoms with Gasteiger partial charge in [0.05, 0.1) is 6.54 Å². The highest BCUT2D eigenvalue weighted by Crippen LogP contribution is 2.19. The zero-order valence-electron chi connectivity index (χ0n) is 6.62. The maximum Gasteiger partial charge on any atom is 0.133 e. The molecule has 2 unspecified atom stereocenters. The average molecular weight is 154 g/mol. The van der Waals surface area contributed by atoms with Crippen LogP contribution >= 0.6 is 0 Å². The number of carbonyl (C=O) groups excluding carboxylic acids is 1. The lowest BCUT2D eigenvalue weighted by atomic mass is 10.2. The van der Waals surface area contributed by atoms with Crippen molar-refractivity contribution in [2.45, 2.75) is 24.9 Å². The summed E-state index contributed by atoms with van der Waals surface area (Å²) in [5.41, 5.74) is 0. The van der Waals surface area contributed by atoms with Gasteiger partial charge in [-0.25, -0.2) is 0 Å². The van der Waals surface area contributed by atoms with Crippen LogP contribution in [0.25, 0.3) is 0 Å². The molecule has 0 aliphatic carbocycles. The maximum absolute atomic E-state index is 10.2. The number of piperazine rings is 1. The first-order valence-electron chi connectivity index (χ1n) is 4.30. The highest BCUT2D eigenvalue weighted by molar-refractivity contribution is 5.52. The van der Waals surface area contributed by atoms with Crippen molar-refractivity contribution >= 4 is 6.29 Å². The molecule has 2 bridgehead atoms. The summed E-state index contributed by atoms with van der Waals surface area (Å²) in [6.45, 7) is 2.75. The third-order valence-electron chi connectivity index (χ3n) is 2.62. The summed E-state index contributed by atoms with van der Waals surface area (Å²) in [6.07, 6.45) is 3.59. The molecule has 11 heavy (non-hydrogen) atoms. The molecule has 2 saturated heterocycles. The number of aldehydes is 1. The molecule has 2 aliphatic heterocycles. The molecule has 3 nitrogen and oxygen atoms in total. The number of likely N-dealkylation sites (tertiary alicyclic amines) is 1. The number of hydrogen-bond donors (Lipinski definition) is 1. The molecule has 0 aromatic heterocycles. The maximum atomic E-state index is 10.2. The van der Waals surface area contributed by atoms with Crippen molar-refractivity contribution in [3.8, 4) is 0 Å². The normalized spacial score (nSPS) is 37.5. The van der Waals surface area contributed by atoms with Crippen molar-refractivity contribution in [1.82, 2.24) is 10.2 Å². The van der Waals surface area contributed by atoms with Crippen LogP contribution in [-0.2, 0) is 4.79 Å². The molecule has 2 rings (SSSR count). The minimum Gasteiger partial charge on any atom is -0.309 e. The van der Waals surface area contributed by atoms with E-state index in [1.54, 1.807) is 0 Å². The molecule has 0 saturated carbocycles. The van der Waals surface area contributed by atoms with Gasteiger partial charge in [-0.15, -0.1) is 0 Å². The minimum absolute atomic E-state index is 0.620. The van der Waals surface area contributed by atoms with Crippen molar-refractivity contribution in [3.05, 3.63) is 0 Å². The van der Waals surface area contributed by atoms with E-state index in [1.807, 2.05) is 0 Å². The first-order valence-corrected chi connectivity index (χ1v) is 4.30. The minimum atomic E-state index is 0.620. The predicted octanol–water partition coefficient (Wildman–Crippen LogP) is -0.378. The second-order valence-electron chi connectivity index (χ2n) is 3.52. The molecule has 3 heteroatoms. The summed E-state index contributed by atoms with van der Waals surface area (Å²) in [7, 11) is 0. The van der Waals surface area contributed by atoms with Crippen LogP contribution in [0.3, 0.4) is 0 Å². The summed E-state index contributed by atoms with van der Waals surface area (Å²) < 4.78 is 0. The molecule has 1 N–H and O–H groups in total. The number of carbonyl (C=O) groups is 1. The smallest absolute Gasteiger partial charge is 0.133 e. The Morgan fingerprint density at radius 3 is 2.55 bits per heavy atom. The molecule has 0 amide bonds. The number of nitrogens with one attached hydrogen (secondary N) is 1. The lowest BCUT2D eigenvalue weighted by molar-refractivity contribution is -0.109. The highest BCUT2D eigenvalue weighted by atomic mass is 16.1. The quantitative estimate of drug-likeness (QED) is 0.550. The molecule has 0 aromatic carbocycles. The number of rotatable bonds is 2. The van der Waals surface area contributed by atoms with Gasteiger partial charge < -0.3 is 10.1 Å². The number of fused-ring (bicyclic) bond motifs is 2. The lowest BCUT2D eigenvalue weighted by Gasteiger charge is -2.31. The van der Waals surface area contributed by atoms with Gasteiger partial charge in [-0.1, -0.05) is 0 Å². The van der Waals surface area contributed by atoms with E-state index in [-0.39, 0.29) is 0 Å². The molecule has 2 heterocycles. The fourth-order valence-corrected chi connectivity index (χ4v) is 2.14. The Morgan fingerprint density at radius 2 is 2.00 bits per heavy atom. The number of hydrogen-bond acceptors (Lipinski definition) is 3. The van der Waals surface area contributed by atoms with Crippen molar-refractivity contribution in [1.29, 1.82) is 0 Å². The topological polar surface area (TPSA) is 32.3 Å². The van der Waals surface area contributed by atoms with Gasteiger partial charge in [-0.2, -0.15) is 0 Å². The molecule has 2 fully saturated rings. The Balaban J connectivity index is 1.91. The van der Waals surface area contributed by atoms with E-state index >= 15 is 0 Å². The molecular weight excluding hydrogens is 140 g/mol. The molecule has 0 spiro atoms. The summed E-state index contributed by atoms with van der Waals surface area (Å²) in [4.78, 5) is 12.5. The van der Waals surface area contributed by atoms with Crippen molar-refractivity contribution in [2.75, 3.05) is 19.6 Å². The van der Waals surface area contributed by atoms with Crippen LogP contribution in [-0.4, -0.2) is 42.9 Å². The van der Waals surface area contributed by atoms with Crippen LogP contribution < -0.4 is 5.32 Å². The van der Waals surface area contributed by atoms with E-state index < -0.39 is 0 Å².